The van der Waals surface area contributed by atoms with E-state index in [0.717, 1.165) is 36.7 Å². The summed E-state index contributed by atoms with van der Waals surface area (Å²) in [6, 6.07) is 7.85. The fraction of sp³-hybridized carbons (Fsp3) is 0.267. The molecule has 5 aromatic rings. The van der Waals surface area contributed by atoms with Crippen LogP contribution in [0, 0.1) is 11.6 Å². The Bertz CT molecular complexity index is 1920. The number of H-pyrrole nitrogens is 1. The number of carbonyl (C=O) groups is 1. The third kappa shape index (κ3) is 6.56. The van der Waals surface area contributed by atoms with Crippen molar-refractivity contribution in [2.24, 2.45) is 0 Å². The molecule has 0 bridgehead atoms. The zero-order valence-electron chi connectivity index (χ0n) is 23.8. The fourth-order valence-corrected chi connectivity index (χ4v) is 5.24. The predicted molar refractivity (Wildman–Crippen MR) is 150 cm³/mol. The van der Waals surface area contributed by atoms with Gasteiger partial charge in [-0.25, -0.2) is 18.3 Å². The number of likely N-dealkylation sites (tertiary alicyclic amines) is 1. The largest absolute Gasteiger partial charge is 0.418 e. The second-order valence-corrected chi connectivity index (χ2v) is 10.5. The number of aromatic amines is 1. The van der Waals surface area contributed by atoms with Crippen LogP contribution in [0.5, 0.6) is 0 Å². The van der Waals surface area contributed by atoms with E-state index < -0.39 is 40.8 Å². The zero-order chi connectivity index (χ0) is 33.4. The van der Waals surface area contributed by atoms with Crippen molar-refractivity contribution in [3.05, 3.63) is 99.9 Å². The number of nitrogens with one attached hydrogen (secondary N) is 1. The van der Waals surface area contributed by atoms with Crippen LogP contribution >= 0.6 is 0 Å². The lowest BCUT2D eigenvalue weighted by atomic mass is 10.1. The third-order valence-corrected chi connectivity index (χ3v) is 7.49. The van der Waals surface area contributed by atoms with Crippen LogP contribution in [0.2, 0.25) is 0 Å². The molecule has 0 atom stereocenters. The lowest BCUT2D eigenvalue weighted by Crippen LogP contribution is -2.34. The van der Waals surface area contributed by atoms with E-state index in [1.54, 1.807) is 0 Å². The number of carbonyl (C=O) groups excluding carboxylic acids is 1. The summed E-state index contributed by atoms with van der Waals surface area (Å²) in [5.74, 6) is -1.87. The number of hydrogen-bond donors (Lipinski definition) is 1. The van der Waals surface area contributed by atoms with E-state index in [1.165, 1.54) is 41.2 Å². The Hall–Kier alpha value is -4.86. The first kappa shape index (κ1) is 32.5. The topological polar surface area (TPSA) is 88.8 Å². The van der Waals surface area contributed by atoms with E-state index in [4.69, 9.17) is 0 Å². The number of alkyl halides is 6. The van der Waals surface area contributed by atoms with Gasteiger partial charge >= 0.3 is 18.0 Å². The monoisotopic (exact) mass is 652 g/mol. The quantitative estimate of drug-likeness (QED) is 0.173. The van der Waals surface area contributed by atoms with E-state index in [1.807, 2.05) is 7.05 Å². The Morgan fingerprint density at radius 1 is 0.957 bits per heavy atom. The van der Waals surface area contributed by atoms with Crippen LogP contribution in [0.25, 0.3) is 28.0 Å². The van der Waals surface area contributed by atoms with Crippen molar-refractivity contribution in [1.82, 2.24) is 29.2 Å². The van der Waals surface area contributed by atoms with Crippen molar-refractivity contribution >= 4 is 17.3 Å². The Morgan fingerprint density at radius 3 is 2.28 bits per heavy atom. The molecule has 4 heterocycles. The van der Waals surface area contributed by atoms with Crippen LogP contribution in [0.1, 0.15) is 40.5 Å². The van der Waals surface area contributed by atoms with Crippen LogP contribution in [0.3, 0.4) is 0 Å². The van der Waals surface area contributed by atoms with E-state index in [2.05, 4.69) is 20.0 Å². The molecule has 0 aliphatic carbocycles. The highest BCUT2D eigenvalue weighted by Gasteiger charge is 2.39. The molecule has 0 radical (unpaired) electrons. The molecule has 1 N–H and O–H groups in total. The molecular weight excluding hydrogens is 628 g/mol. The van der Waals surface area contributed by atoms with Gasteiger partial charge in [0.2, 0.25) is 0 Å². The molecule has 46 heavy (non-hydrogen) atoms. The first-order chi connectivity index (χ1) is 21.7. The second-order valence-electron chi connectivity index (χ2n) is 10.5. The minimum Gasteiger partial charge on any atom is -0.306 e. The molecule has 1 aliphatic heterocycles. The molecule has 6 rings (SSSR count). The summed E-state index contributed by atoms with van der Waals surface area (Å²) < 4.78 is 108. The van der Waals surface area contributed by atoms with Crippen molar-refractivity contribution in [2.45, 2.75) is 31.2 Å². The van der Waals surface area contributed by atoms with Gasteiger partial charge in [-0.1, -0.05) is 0 Å². The number of benzene rings is 2. The molecule has 2 aromatic carbocycles. The first-order valence-corrected chi connectivity index (χ1v) is 13.7. The minimum atomic E-state index is -5.07. The number of hydrogen-bond acceptors (Lipinski definition) is 5. The fourth-order valence-electron chi connectivity index (χ4n) is 5.24. The van der Waals surface area contributed by atoms with Gasteiger partial charge in [0.05, 0.1) is 28.0 Å². The van der Waals surface area contributed by atoms with E-state index in [9.17, 15) is 44.7 Å². The predicted octanol–water partition coefficient (Wildman–Crippen LogP) is 6.66. The summed E-state index contributed by atoms with van der Waals surface area (Å²) in [5.41, 5.74) is -3.32. The number of fused-ring (bicyclic) bond motifs is 1. The van der Waals surface area contributed by atoms with Crippen molar-refractivity contribution < 1.29 is 39.9 Å². The van der Waals surface area contributed by atoms with Gasteiger partial charge in [-0.2, -0.15) is 31.4 Å². The minimum absolute atomic E-state index is 0.0185. The molecule has 1 fully saturated rings. The summed E-state index contributed by atoms with van der Waals surface area (Å²) in [5, 5.41) is 3.78. The maximum absolute atomic E-state index is 13.9. The molecule has 1 saturated heterocycles. The van der Waals surface area contributed by atoms with Gasteiger partial charge in [0.15, 0.2) is 17.9 Å². The van der Waals surface area contributed by atoms with Crippen molar-refractivity contribution in [2.75, 3.05) is 20.1 Å². The number of pyridine rings is 1. The average molecular weight is 653 g/mol. The van der Waals surface area contributed by atoms with Gasteiger partial charge in [0, 0.05) is 24.0 Å². The van der Waals surface area contributed by atoms with Crippen LogP contribution < -0.4 is 5.69 Å². The Balaban J connectivity index is 0.000000192. The van der Waals surface area contributed by atoms with Crippen molar-refractivity contribution in [1.29, 1.82) is 0 Å². The Morgan fingerprint density at radius 2 is 1.67 bits per heavy atom. The lowest BCUT2D eigenvalue weighted by Gasteiger charge is -2.29. The van der Waals surface area contributed by atoms with Gasteiger partial charge in [0.1, 0.15) is 11.2 Å². The van der Waals surface area contributed by atoms with Crippen molar-refractivity contribution in [3.8, 4) is 16.9 Å². The van der Waals surface area contributed by atoms with Crippen LogP contribution in [-0.2, 0) is 12.4 Å². The number of aromatic nitrogens is 5. The number of aldehydes is 1. The molecule has 242 valence electrons. The van der Waals surface area contributed by atoms with Gasteiger partial charge in [-0.15, -0.1) is 0 Å². The van der Waals surface area contributed by atoms with Crippen LogP contribution in [-0.4, -0.2) is 55.6 Å². The zero-order valence-corrected chi connectivity index (χ0v) is 23.8. The highest BCUT2D eigenvalue weighted by Crippen LogP contribution is 2.39. The van der Waals surface area contributed by atoms with Gasteiger partial charge in [0.25, 0.3) is 0 Å². The molecule has 3 aromatic heterocycles. The molecule has 8 nitrogen and oxygen atoms in total. The summed E-state index contributed by atoms with van der Waals surface area (Å²) in [7, 11) is 2.01. The van der Waals surface area contributed by atoms with Crippen molar-refractivity contribution in [3.63, 3.8) is 0 Å². The summed E-state index contributed by atoms with van der Waals surface area (Å²) >= 11 is 0. The number of piperidine rings is 1. The molecule has 0 unspecified atom stereocenters. The molecule has 0 spiro atoms. The van der Waals surface area contributed by atoms with Gasteiger partial charge < -0.3 is 9.88 Å². The molecule has 1 aliphatic rings. The highest BCUT2D eigenvalue weighted by molar-refractivity contribution is 5.77. The number of halogens is 8. The molecular formula is C30H24F8N6O2. The first-order valence-electron chi connectivity index (χ1n) is 13.7. The van der Waals surface area contributed by atoms with Gasteiger partial charge in [-0.3, -0.25) is 14.3 Å². The lowest BCUT2D eigenvalue weighted by molar-refractivity contribution is -0.143. The number of rotatable bonds is 4. The average Bonchev–Trinajstić information content (AvgIpc) is 3.60. The molecule has 0 amide bonds. The Kier molecular flexibility index (Phi) is 8.84. The smallest absolute Gasteiger partial charge is 0.306 e. The van der Waals surface area contributed by atoms with E-state index >= 15 is 0 Å². The summed E-state index contributed by atoms with van der Waals surface area (Å²) in [4.78, 5) is 31.6. The highest BCUT2D eigenvalue weighted by atomic mass is 19.4. The van der Waals surface area contributed by atoms with Gasteiger partial charge in [-0.05, 0) is 81.5 Å². The molecule has 16 heteroatoms. The van der Waals surface area contributed by atoms with E-state index in [0.29, 0.717) is 29.5 Å². The molecule has 0 saturated carbocycles. The summed E-state index contributed by atoms with van der Waals surface area (Å²) in [6.07, 6.45) is -5.39. The van der Waals surface area contributed by atoms with Crippen LogP contribution in [0.15, 0.2) is 65.7 Å². The second kappa shape index (κ2) is 12.5. The standard InChI is InChI=1S/C17H9F6N3O.C13H15F2N3O/c18-16(19,20)11-3-4-14(13(6-11)17(21,22)23)26-15(7-12(9-27)25-26)10-2-1-5-24-8-10;1-17-6-4-8(5-7-17)18-12-10(16-13(18)19)3-2-9(14)11(12)15/h1-9H;2-3,8H,4-7H2,1H3,(H,16,19). The Labute approximate surface area is 254 Å². The SMILES string of the molecule is CN1CCC(n2c(=O)[nH]c3ccc(F)c(F)c32)CC1.O=Cc1cc(-c2cccnc2)n(-c2ccc(C(F)(F)F)cc2C(F)(F)F)n1. The van der Waals surface area contributed by atoms with E-state index in [-0.39, 0.29) is 34.7 Å². The summed E-state index contributed by atoms with van der Waals surface area (Å²) in [6.45, 7) is 1.70. The third-order valence-electron chi connectivity index (χ3n) is 7.49. The maximum Gasteiger partial charge on any atom is 0.418 e. The number of imidazole rings is 1. The maximum atomic E-state index is 13.9. The van der Waals surface area contributed by atoms with Crippen LogP contribution in [0.4, 0.5) is 35.1 Å². The number of nitrogens with zero attached hydrogens (tertiary/aromatic N) is 5. The normalized spacial score (nSPS) is 14.7.